The van der Waals surface area contributed by atoms with Crippen molar-refractivity contribution in [1.82, 2.24) is 16.0 Å². The summed E-state index contributed by atoms with van der Waals surface area (Å²) in [5, 5.41) is 27.0. The fourth-order valence-electron chi connectivity index (χ4n) is 4.97. The van der Waals surface area contributed by atoms with Crippen LogP contribution in [0, 0.1) is 11.8 Å². The van der Waals surface area contributed by atoms with Crippen LogP contribution in [0.2, 0.25) is 0 Å². The number of hydrogen-bond donors (Lipinski definition) is 5. The van der Waals surface area contributed by atoms with Gasteiger partial charge in [0.1, 0.15) is 18.7 Å². The van der Waals surface area contributed by atoms with Crippen molar-refractivity contribution >= 4 is 23.9 Å². The number of carbonyl (C=O) groups is 4. The summed E-state index contributed by atoms with van der Waals surface area (Å²) in [6, 6.07) is 13.2. The van der Waals surface area contributed by atoms with Crippen LogP contribution in [0.15, 0.2) is 48.5 Å². The van der Waals surface area contributed by atoms with Crippen LogP contribution < -0.4 is 16.0 Å². The fourth-order valence-corrected chi connectivity index (χ4v) is 4.97. The molecule has 0 aliphatic heterocycles. The number of carboxylic acid groups (broad SMARTS) is 1. The lowest BCUT2D eigenvalue weighted by molar-refractivity contribution is -0.140. The van der Waals surface area contributed by atoms with E-state index in [1.165, 1.54) is 6.92 Å². The molecule has 2 aromatic carbocycles. The highest BCUT2D eigenvalue weighted by atomic mass is 16.5. The SMILES string of the molecule is CC(C)[C@@H](NC(=O)[C@@H](C)NC(=O)[C@H](NC(=O)OCC1c2ccccc2-c2ccccc21)C(C)C)[C@@H](O)CC(=O)O. The van der Waals surface area contributed by atoms with E-state index >= 15 is 0 Å². The van der Waals surface area contributed by atoms with Crippen molar-refractivity contribution < 1.29 is 34.1 Å². The standard InChI is InChI=1S/C30H39N3O7/c1-16(2)26(24(34)14-25(35)36)32-28(37)18(5)31-29(38)27(17(3)4)33-30(39)40-15-23-21-12-8-6-10-19(21)20-11-7-9-13-22(20)23/h6-13,16-18,23-24,26-27,34H,14-15H2,1-5H3,(H,31,38)(H,32,37)(H,33,39)(H,35,36)/t18-,24+,26-,27-/m1/s1. The lowest BCUT2D eigenvalue weighted by Crippen LogP contribution is -2.57. The number of alkyl carbamates (subject to hydrolysis) is 1. The van der Waals surface area contributed by atoms with Crippen LogP contribution in [0.5, 0.6) is 0 Å². The zero-order valence-corrected chi connectivity index (χ0v) is 23.5. The topological polar surface area (TPSA) is 154 Å². The number of benzene rings is 2. The van der Waals surface area contributed by atoms with Gasteiger partial charge in [0.15, 0.2) is 0 Å². The van der Waals surface area contributed by atoms with Gasteiger partial charge in [0.05, 0.1) is 18.6 Å². The first-order valence-corrected chi connectivity index (χ1v) is 13.5. The largest absolute Gasteiger partial charge is 0.481 e. The molecule has 10 heteroatoms. The number of carboxylic acids is 1. The van der Waals surface area contributed by atoms with Gasteiger partial charge in [-0.2, -0.15) is 0 Å². The third-order valence-electron chi connectivity index (χ3n) is 7.14. The third-order valence-corrected chi connectivity index (χ3v) is 7.14. The molecule has 5 N–H and O–H groups in total. The van der Waals surface area contributed by atoms with E-state index in [9.17, 15) is 24.3 Å². The van der Waals surface area contributed by atoms with Crippen molar-refractivity contribution in [2.45, 2.75) is 71.2 Å². The maximum atomic E-state index is 13.0. The molecule has 216 valence electrons. The minimum absolute atomic E-state index is 0.0976. The normalized spacial score (nSPS) is 15.4. The maximum Gasteiger partial charge on any atom is 0.407 e. The van der Waals surface area contributed by atoms with Gasteiger partial charge >= 0.3 is 12.1 Å². The van der Waals surface area contributed by atoms with Crippen LogP contribution in [-0.4, -0.2) is 64.9 Å². The average molecular weight is 554 g/mol. The van der Waals surface area contributed by atoms with E-state index in [4.69, 9.17) is 9.84 Å². The van der Waals surface area contributed by atoms with Crippen molar-refractivity contribution in [2.24, 2.45) is 11.8 Å². The highest BCUT2D eigenvalue weighted by Gasteiger charge is 2.32. The van der Waals surface area contributed by atoms with Gasteiger partial charge in [-0.05, 0) is 41.0 Å². The van der Waals surface area contributed by atoms with Gasteiger partial charge in [-0.25, -0.2) is 4.79 Å². The van der Waals surface area contributed by atoms with Gasteiger partial charge in [0.2, 0.25) is 11.8 Å². The molecular weight excluding hydrogens is 514 g/mol. The van der Waals surface area contributed by atoms with Crippen molar-refractivity contribution in [2.75, 3.05) is 6.61 Å². The Balaban J connectivity index is 1.59. The predicted octanol–water partition coefficient (Wildman–Crippen LogP) is 3.03. The maximum absolute atomic E-state index is 13.0. The summed E-state index contributed by atoms with van der Waals surface area (Å²) >= 11 is 0. The molecule has 0 bridgehead atoms. The number of amides is 3. The summed E-state index contributed by atoms with van der Waals surface area (Å²) in [5.41, 5.74) is 4.35. The zero-order valence-electron chi connectivity index (χ0n) is 23.5. The van der Waals surface area contributed by atoms with E-state index in [0.29, 0.717) is 0 Å². The van der Waals surface area contributed by atoms with Gasteiger partial charge in [-0.3, -0.25) is 14.4 Å². The summed E-state index contributed by atoms with van der Waals surface area (Å²) < 4.78 is 5.57. The van der Waals surface area contributed by atoms with Crippen molar-refractivity contribution in [3.63, 3.8) is 0 Å². The van der Waals surface area contributed by atoms with E-state index in [2.05, 4.69) is 16.0 Å². The number of aliphatic hydroxyl groups excluding tert-OH is 1. The summed E-state index contributed by atoms with van der Waals surface area (Å²) in [5.74, 6) is -3.03. The lowest BCUT2D eigenvalue weighted by atomic mass is 9.96. The van der Waals surface area contributed by atoms with E-state index in [0.717, 1.165) is 22.3 Å². The molecule has 0 spiro atoms. The molecule has 0 aromatic heterocycles. The van der Waals surface area contributed by atoms with Crippen molar-refractivity contribution in [3.8, 4) is 11.1 Å². The van der Waals surface area contributed by atoms with Crippen LogP contribution >= 0.6 is 0 Å². The fraction of sp³-hybridized carbons (Fsp3) is 0.467. The molecule has 10 nitrogen and oxygen atoms in total. The Hall–Kier alpha value is -3.92. The monoisotopic (exact) mass is 553 g/mol. The van der Waals surface area contributed by atoms with Crippen molar-refractivity contribution in [3.05, 3.63) is 59.7 Å². The second-order valence-corrected chi connectivity index (χ2v) is 10.9. The smallest absolute Gasteiger partial charge is 0.407 e. The predicted molar refractivity (Wildman–Crippen MR) is 149 cm³/mol. The number of ether oxygens (including phenoxy) is 1. The van der Waals surface area contributed by atoms with Gasteiger partial charge in [0.25, 0.3) is 0 Å². The van der Waals surface area contributed by atoms with Gasteiger partial charge < -0.3 is 30.9 Å². The quantitative estimate of drug-likeness (QED) is 0.271. The molecule has 0 saturated carbocycles. The molecule has 0 fully saturated rings. The highest BCUT2D eigenvalue weighted by Crippen LogP contribution is 2.44. The number of hydrogen-bond acceptors (Lipinski definition) is 6. The second-order valence-electron chi connectivity index (χ2n) is 10.9. The minimum atomic E-state index is -1.29. The van der Waals surface area contributed by atoms with E-state index in [-0.39, 0.29) is 24.4 Å². The van der Waals surface area contributed by atoms with Gasteiger partial charge in [0, 0.05) is 5.92 Å². The van der Waals surface area contributed by atoms with Crippen LogP contribution in [-0.2, 0) is 19.1 Å². The third kappa shape index (κ3) is 7.38. The van der Waals surface area contributed by atoms with E-state index in [1.807, 2.05) is 48.5 Å². The molecule has 3 rings (SSSR count). The first-order chi connectivity index (χ1) is 18.9. The minimum Gasteiger partial charge on any atom is -0.481 e. The Morgan fingerprint density at radius 1 is 0.800 bits per heavy atom. The first-order valence-electron chi connectivity index (χ1n) is 13.5. The second kappa shape index (κ2) is 13.4. The summed E-state index contributed by atoms with van der Waals surface area (Å²) in [7, 11) is 0. The molecule has 2 aromatic rings. The Kier molecular flexibility index (Phi) is 10.3. The van der Waals surface area contributed by atoms with Crippen LogP contribution in [0.25, 0.3) is 11.1 Å². The highest BCUT2D eigenvalue weighted by molar-refractivity contribution is 5.91. The van der Waals surface area contributed by atoms with E-state index < -0.39 is 54.5 Å². The molecule has 4 atom stereocenters. The number of carbonyl (C=O) groups excluding carboxylic acids is 3. The Labute approximate surface area is 234 Å². The molecule has 40 heavy (non-hydrogen) atoms. The molecule has 0 heterocycles. The number of nitrogens with one attached hydrogen (secondary N) is 3. The summed E-state index contributed by atoms with van der Waals surface area (Å²) in [6.07, 6.45) is -2.56. The molecule has 0 radical (unpaired) electrons. The zero-order chi connectivity index (χ0) is 29.6. The first kappa shape index (κ1) is 30.6. The summed E-state index contributed by atoms with van der Waals surface area (Å²) in [6.45, 7) is 8.57. The number of aliphatic carboxylic acids is 1. The molecule has 3 amide bonds. The van der Waals surface area contributed by atoms with Crippen LogP contribution in [0.4, 0.5) is 4.79 Å². The van der Waals surface area contributed by atoms with Gasteiger partial charge in [-0.15, -0.1) is 0 Å². The van der Waals surface area contributed by atoms with Gasteiger partial charge in [-0.1, -0.05) is 76.2 Å². The Bertz CT molecular complexity index is 1180. The molecular formula is C30H39N3O7. The molecule has 1 aliphatic carbocycles. The van der Waals surface area contributed by atoms with Crippen molar-refractivity contribution in [1.29, 1.82) is 0 Å². The molecule has 0 saturated heterocycles. The van der Waals surface area contributed by atoms with Crippen LogP contribution in [0.3, 0.4) is 0 Å². The number of fused-ring (bicyclic) bond motifs is 3. The average Bonchev–Trinajstić information content (AvgIpc) is 3.21. The molecule has 0 unspecified atom stereocenters. The number of aliphatic hydroxyl groups is 1. The van der Waals surface area contributed by atoms with Crippen LogP contribution in [0.1, 0.15) is 58.1 Å². The summed E-state index contributed by atoms with van der Waals surface area (Å²) in [4.78, 5) is 49.5. The lowest BCUT2D eigenvalue weighted by Gasteiger charge is -2.29. The molecule has 1 aliphatic rings. The van der Waals surface area contributed by atoms with E-state index in [1.54, 1.807) is 27.7 Å². The number of rotatable bonds is 12. The Morgan fingerprint density at radius 2 is 1.35 bits per heavy atom. The Morgan fingerprint density at radius 3 is 1.85 bits per heavy atom.